The number of likely N-dealkylation sites (tertiary alicyclic amines) is 1. The molecule has 6 nitrogen and oxygen atoms in total. The van der Waals surface area contributed by atoms with Gasteiger partial charge in [0.05, 0.1) is 24.4 Å². The predicted octanol–water partition coefficient (Wildman–Crippen LogP) is 4.35. The summed E-state index contributed by atoms with van der Waals surface area (Å²) >= 11 is 0. The SMILES string of the molecule is COc1ccccc1NC(=O)C1CC12CCN(Cc1coc3ccc(C)cc3c1=O)CC2. The van der Waals surface area contributed by atoms with Crippen LogP contribution in [0.25, 0.3) is 11.0 Å². The van der Waals surface area contributed by atoms with Crippen molar-refractivity contribution >= 4 is 22.6 Å². The van der Waals surface area contributed by atoms with Crippen LogP contribution >= 0.6 is 0 Å². The van der Waals surface area contributed by atoms with Crippen molar-refractivity contribution in [2.24, 2.45) is 11.3 Å². The Hall–Kier alpha value is -3.12. The fraction of sp³-hybridized carbons (Fsp3) is 0.385. The maximum absolute atomic E-state index is 12.9. The summed E-state index contributed by atoms with van der Waals surface area (Å²) < 4.78 is 11.0. The van der Waals surface area contributed by atoms with Crippen LogP contribution in [-0.4, -0.2) is 31.0 Å². The molecule has 0 bridgehead atoms. The van der Waals surface area contributed by atoms with Gasteiger partial charge in [0.25, 0.3) is 0 Å². The highest BCUT2D eigenvalue weighted by Crippen LogP contribution is 2.59. The van der Waals surface area contributed by atoms with Crippen LogP contribution in [0.15, 0.2) is 57.9 Å². The number of para-hydroxylation sites is 2. The molecule has 3 aromatic rings. The third kappa shape index (κ3) is 3.79. The van der Waals surface area contributed by atoms with E-state index in [1.807, 2.05) is 49.4 Å². The molecule has 1 atom stereocenters. The molecular formula is C26H28N2O4. The average Bonchev–Trinajstić information content (AvgIpc) is 3.51. The molecule has 1 saturated heterocycles. The van der Waals surface area contributed by atoms with Gasteiger partial charge in [-0.05, 0) is 69.0 Å². The highest BCUT2D eigenvalue weighted by molar-refractivity contribution is 5.96. The Morgan fingerprint density at radius 3 is 2.78 bits per heavy atom. The standard InChI is InChI=1S/C26H28N2O4/c1-17-7-8-22-19(13-17)24(29)18(16-32-22)15-28-11-9-26(10-12-28)14-20(26)25(30)27-21-5-3-4-6-23(21)31-2/h3-8,13,16,20H,9-12,14-15H2,1-2H3,(H,27,30). The first-order chi connectivity index (χ1) is 15.5. The lowest BCUT2D eigenvalue weighted by Crippen LogP contribution is -2.36. The molecule has 32 heavy (non-hydrogen) atoms. The van der Waals surface area contributed by atoms with Crippen LogP contribution in [0.1, 0.15) is 30.4 Å². The molecule has 2 aromatic carbocycles. The Morgan fingerprint density at radius 2 is 2.00 bits per heavy atom. The number of aryl methyl sites for hydroxylation is 1. The number of benzene rings is 2. The van der Waals surface area contributed by atoms with Crippen LogP contribution in [-0.2, 0) is 11.3 Å². The third-order valence-electron chi connectivity index (χ3n) is 7.12. The summed E-state index contributed by atoms with van der Waals surface area (Å²) in [7, 11) is 1.61. The zero-order valence-electron chi connectivity index (χ0n) is 18.5. The van der Waals surface area contributed by atoms with E-state index in [0.29, 0.717) is 28.8 Å². The summed E-state index contributed by atoms with van der Waals surface area (Å²) in [6, 6.07) is 13.2. The number of rotatable bonds is 5. The van der Waals surface area contributed by atoms with E-state index in [4.69, 9.17) is 9.15 Å². The average molecular weight is 433 g/mol. The summed E-state index contributed by atoms with van der Waals surface area (Å²) in [5, 5.41) is 3.69. The van der Waals surface area contributed by atoms with Gasteiger partial charge in [0, 0.05) is 18.0 Å². The normalized spacial score (nSPS) is 19.8. The van der Waals surface area contributed by atoms with Crippen LogP contribution in [0.3, 0.4) is 0 Å². The predicted molar refractivity (Wildman–Crippen MR) is 124 cm³/mol. The lowest BCUT2D eigenvalue weighted by atomic mass is 9.90. The monoisotopic (exact) mass is 432 g/mol. The minimum Gasteiger partial charge on any atom is -0.495 e. The number of methoxy groups -OCH3 is 1. The summed E-state index contributed by atoms with van der Waals surface area (Å²) in [6.07, 6.45) is 4.47. The van der Waals surface area contributed by atoms with Crippen molar-refractivity contribution < 1.29 is 13.9 Å². The Morgan fingerprint density at radius 1 is 1.22 bits per heavy atom. The van der Waals surface area contributed by atoms with E-state index < -0.39 is 0 Å². The van der Waals surface area contributed by atoms with Crippen molar-refractivity contribution in [3.05, 3.63) is 70.1 Å². The van der Waals surface area contributed by atoms with Gasteiger partial charge in [-0.2, -0.15) is 0 Å². The Bertz CT molecular complexity index is 1220. The second-order valence-electron chi connectivity index (χ2n) is 9.17. The molecule has 166 valence electrons. The van der Waals surface area contributed by atoms with Gasteiger partial charge in [0.1, 0.15) is 11.3 Å². The number of nitrogens with one attached hydrogen (secondary N) is 1. The van der Waals surface area contributed by atoms with Crippen molar-refractivity contribution in [1.29, 1.82) is 0 Å². The number of carbonyl (C=O) groups is 1. The smallest absolute Gasteiger partial charge is 0.228 e. The zero-order valence-corrected chi connectivity index (χ0v) is 18.5. The number of fused-ring (bicyclic) bond motifs is 1. The van der Waals surface area contributed by atoms with Crippen molar-refractivity contribution in [2.45, 2.75) is 32.7 Å². The van der Waals surface area contributed by atoms with Gasteiger partial charge in [-0.3, -0.25) is 14.5 Å². The minimum atomic E-state index is 0.0447. The van der Waals surface area contributed by atoms with E-state index in [9.17, 15) is 9.59 Å². The summed E-state index contributed by atoms with van der Waals surface area (Å²) in [5.74, 6) is 0.798. The maximum Gasteiger partial charge on any atom is 0.228 e. The Labute approximate surface area is 187 Å². The number of amides is 1. The third-order valence-corrected chi connectivity index (χ3v) is 7.12. The van der Waals surface area contributed by atoms with Crippen LogP contribution in [0.4, 0.5) is 5.69 Å². The van der Waals surface area contributed by atoms with Crippen molar-refractivity contribution in [3.63, 3.8) is 0 Å². The van der Waals surface area contributed by atoms with Gasteiger partial charge in [-0.1, -0.05) is 23.8 Å². The van der Waals surface area contributed by atoms with Gasteiger partial charge >= 0.3 is 0 Å². The molecule has 1 aromatic heterocycles. The van der Waals surface area contributed by atoms with Crippen LogP contribution in [0.5, 0.6) is 5.75 Å². The van der Waals surface area contributed by atoms with Crippen LogP contribution in [0, 0.1) is 18.3 Å². The molecule has 2 fully saturated rings. The second kappa shape index (κ2) is 8.10. The van der Waals surface area contributed by atoms with Gasteiger partial charge in [-0.25, -0.2) is 0 Å². The highest BCUT2D eigenvalue weighted by Gasteiger charge is 2.58. The highest BCUT2D eigenvalue weighted by atomic mass is 16.5. The van der Waals surface area contributed by atoms with E-state index in [0.717, 1.165) is 43.6 Å². The van der Waals surface area contributed by atoms with E-state index in [1.165, 1.54) is 0 Å². The molecular weight excluding hydrogens is 404 g/mol. The fourth-order valence-corrected chi connectivity index (χ4v) is 5.03. The van der Waals surface area contributed by atoms with Gasteiger partial charge in [-0.15, -0.1) is 0 Å². The molecule has 2 heterocycles. The van der Waals surface area contributed by atoms with E-state index >= 15 is 0 Å². The van der Waals surface area contributed by atoms with Crippen molar-refractivity contribution in [1.82, 2.24) is 4.90 Å². The van der Waals surface area contributed by atoms with Gasteiger partial charge in [0.2, 0.25) is 5.91 Å². The molecule has 0 radical (unpaired) electrons. The first-order valence-corrected chi connectivity index (χ1v) is 11.2. The molecule has 2 aliphatic rings. The Balaban J connectivity index is 1.21. The van der Waals surface area contributed by atoms with E-state index in [2.05, 4.69) is 10.2 Å². The number of anilines is 1. The van der Waals surface area contributed by atoms with Crippen molar-refractivity contribution in [2.75, 3.05) is 25.5 Å². The summed E-state index contributed by atoms with van der Waals surface area (Å²) in [4.78, 5) is 28.1. The number of hydrogen-bond donors (Lipinski definition) is 1. The van der Waals surface area contributed by atoms with Gasteiger partial charge < -0.3 is 14.5 Å². The number of hydrogen-bond acceptors (Lipinski definition) is 5. The summed E-state index contributed by atoms with van der Waals surface area (Å²) in [5.41, 5.74) is 3.24. The number of piperidine rings is 1. The first-order valence-electron chi connectivity index (χ1n) is 11.2. The fourth-order valence-electron chi connectivity index (χ4n) is 5.03. The Kier molecular flexibility index (Phi) is 5.25. The molecule has 1 spiro atoms. The molecule has 1 unspecified atom stereocenters. The van der Waals surface area contributed by atoms with Crippen LogP contribution < -0.4 is 15.5 Å². The minimum absolute atomic E-state index is 0.0447. The topological polar surface area (TPSA) is 71.8 Å². The second-order valence-corrected chi connectivity index (χ2v) is 9.17. The van der Waals surface area contributed by atoms with Gasteiger partial charge in [0.15, 0.2) is 5.43 Å². The lowest BCUT2D eigenvalue weighted by molar-refractivity contribution is -0.118. The quantitative estimate of drug-likeness (QED) is 0.649. The zero-order chi connectivity index (χ0) is 22.3. The molecule has 5 rings (SSSR count). The molecule has 6 heteroatoms. The largest absolute Gasteiger partial charge is 0.495 e. The summed E-state index contributed by atoms with van der Waals surface area (Å²) in [6.45, 7) is 4.32. The molecule has 1 aliphatic carbocycles. The number of nitrogens with zero attached hydrogens (tertiary/aromatic N) is 1. The first kappa shape index (κ1) is 20.8. The van der Waals surface area contributed by atoms with Crippen LogP contribution in [0.2, 0.25) is 0 Å². The lowest BCUT2D eigenvalue weighted by Gasteiger charge is -2.32. The molecule has 1 N–H and O–H groups in total. The van der Waals surface area contributed by atoms with Crippen molar-refractivity contribution in [3.8, 4) is 5.75 Å². The van der Waals surface area contributed by atoms with E-state index in [1.54, 1.807) is 13.4 Å². The molecule has 1 amide bonds. The number of carbonyl (C=O) groups excluding carboxylic acids is 1. The molecule has 1 aliphatic heterocycles. The number of ether oxygens (including phenoxy) is 1. The maximum atomic E-state index is 12.9. The van der Waals surface area contributed by atoms with E-state index in [-0.39, 0.29) is 22.7 Å². The molecule has 1 saturated carbocycles.